The first-order valence-corrected chi connectivity index (χ1v) is 5.56. The van der Waals surface area contributed by atoms with Crippen molar-refractivity contribution in [2.75, 3.05) is 0 Å². The molecule has 1 rings (SSSR count). The van der Waals surface area contributed by atoms with Crippen molar-refractivity contribution in [2.24, 2.45) is 11.8 Å². The van der Waals surface area contributed by atoms with Gasteiger partial charge in [0.1, 0.15) is 6.04 Å². The van der Waals surface area contributed by atoms with Crippen LogP contribution in [0.2, 0.25) is 0 Å². The molecule has 0 saturated heterocycles. The van der Waals surface area contributed by atoms with Crippen LogP contribution in [0.1, 0.15) is 39.5 Å². The summed E-state index contributed by atoms with van der Waals surface area (Å²) >= 11 is 0. The molecule has 1 fully saturated rings. The van der Waals surface area contributed by atoms with Crippen molar-refractivity contribution in [2.45, 2.75) is 45.6 Å². The molecule has 15 heavy (non-hydrogen) atoms. The summed E-state index contributed by atoms with van der Waals surface area (Å²) < 4.78 is 0. The van der Waals surface area contributed by atoms with Crippen molar-refractivity contribution in [3.8, 4) is 0 Å². The number of carboxylic acid groups (broad SMARTS) is 1. The standard InChI is InChI=1S/C11H19NO3/c1-3-7(2)10(11(14)15)12-9(13)6-8-4-5-8/h7-8,10H,3-6H2,1-2H3,(H,12,13)(H,14,15). The number of carboxylic acids is 1. The number of carbonyl (C=O) groups is 2. The maximum atomic E-state index is 11.5. The zero-order valence-corrected chi connectivity index (χ0v) is 9.32. The molecule has 2 unspecified atom stereocenters. The predicted molar refractivity (Wildman–Crippen MR) is 56.4 cm³/mol. The summed E-state index contributed by atoms with van der Waals surface area (Å²) in [4.78, 5) is 22.4. The van der Waals surface area contributed by atoms with Crippen LogP contribution in [-0.2, 0) is 9.59 Å². The fraction of sp³-hybridized carbons (Fsp3) is 0.818. The molecule has 0 aliphatic heterocycles. The van der Waals surface area contributed by atoms with E-state index in [0.29, 0.717) is 12.3 Å². The minimum absolute atomic E-state index is 0.0225. The first kappa shape index (κ1) is 12.0. The molecule has 1 amide bonds. The van der Waals surface area contributed by atoms with E-state index in [1.54, 1.807) is 0 Å². The third kappa shape index (κ3) is 3.90. The molecule has 1 aliphatic carbocycles. The van der Waals surface area contributed by atoms with Crippen LogP contribution in [0, 0.1) is 11.8 Å². The Bertz CT molecular complexity index is 248. The van der Waals surface area contributed by atoms with Gasteiger partial charge in [-0.1, -0.05) is 20.3 Å². The Morgan fingerprint density at radius 2 is 2.07 bits per heavy atom. The number of carbonyl (C=O) groups excluding carboxylic acids is 1. The van der Waals surface area contributed by atoms with Crippen LogP contribution in [0.5, 0.6) is 0 Å². The zero-order valence-electron chi connectivity index (χ0n) is 9.32. The second-order valence-electron chi connectivity index (χ2n) is 4.42. The van der Waals surface area contributed by atoms with Crippen LogP contribution >= 0.6 is 0 Å². The van der Waals surface area contributed by atoms with Gasteiger partial charge in [-0.05, 0) is 24.7 Å². The Morgan fingerprint density at radius 1 is 1.47 bits per heavy atom. The maximum Gasteiger partial charge on any atom is 0.326 e. The second-order valence-corrected chi connectivity index (χ2v) is 4.42. The Kier molecular flexibility index (Phi) is 4.12. The molecule has 0 aromatic carbocycles. The van der Waals surface area contributed by atoms with Gasteiger partial charge in [-0.15, -0.1) is 0 Å². The van der Waals surface area contributed by atoms with Crippen molar-refractivity contribution >= 4 is 11.9 Å². The third-order valence-corrected chi connectivity index (χ3v) is 2.97. The van der Waals surface area contributed by atoms with Gasteiger partial charge in [0.15, 0.2) is 0 Å². The highest BCUT2D eigenvalue weighted by Gasteiger charge is 2.29. The van der Waals surface area contributed by atoms with E-state index >= 15 is 0 Å². The van der Waals surface area contributed by atoms with E-state index < -0.39 is 12.0 Å². The minimum atomic E-state index is -0.937. The number of aliphatic carboxylic acids is 1. The van der Waals surface area contributed by atoms with Crippen LogP contribution in [0.25, 0.3) is 0 Å². The van der Waals surface area contributed by atoms with Crippen molar-refractivity contribution in [3.05, 3.63) is 0 Å². The maximum absolute atomic E-state index is 11.5. The van der Waals surface area contributed by atoms with Gasteiger partial charge in [0, 0.05) is 6.42 Å². The number of hydrogen-bond donors (Lipinski definition) is 2. The fourth-order valence-corrected chi connectivity index (χ4v) is 1.50. The van der Waals surface area contributed by atoms with Crippen LogP contribution in [0.3, 0.4) is 0 Å². The summed E-state index contributed by atoms with van der Waals surface area (Å²) in [6, 6.07) is -0.735. The fourth-order valence-electron chi connectivity index (χ4n) is 1.50. The average Bonchev–Trinajstić information content (AvgIpc) is 2.96. The lowest BCUT2D eigenvalue weighted by atomic mass is 9.99. The Hall–Kier alpha value is -1.06. The molecule has 86 valence electrons. The Morgan fingerprint density at radius 3 is 2.47 bits per heavy atom. The molecule has 4 nitrogen and oxygen atoms in total. The number of hydrogen-bond acceptors (Lipinski definition) is 2. The molecule has 4 heteroatoms. The topological polar surface area (TPSA) is 66.4 Å². The highest BCUT2D eigenvalue weighted by molar-refractivity contribution is 5.83. The predicted octanol–water partition coefficient (Wildman–Crippen LogP) is 1.40. The molecular weight excluding hydrogens is 194 g/mol. The quantitative estimate of drug-likeness (QED) is 0.701. The van der Waals surface area contributed by atoms with Gasteiger partial charge in [-0.25, -0.2) is 4.79 Å². The SMILES string of the molecule is CCC(C)C(NC(=O)CC1CC1)C(=O)O. The van der Waals surface area contributed by atoms with E-state index in [4.69, 9.17) is 5.11 Å². The molecular formula is C11H19NO3. The molecule has 1 saturated carbocycles. The average molecular weight is 213 g/mol. The first-order chi connectivity index (χ1) is 7.04. The third-order valence-electron chi connectivity index (χ3n) is 2.97. The number of amides is 1. The number of rotatable bonds is 6. The summed E-state index contributed by atoms with van der Waals surface area (Å²) in [7, 11) is 0. The van der Waals surface area contributed by atoms with Gasteiger partial charge < -0.3 is 10.4 Å². The Labute approximate surface area is 90.0 Å². The molecule has 0 aromatic rings. The summed E-state index contributed by atoms with van der Waals surface area (Å²) in [6.45, 7) is 3.77. The van der Waals surface area contributed by atoms with E-state index in [9.17, 15) is 9.59 Å². The highest BCUT2D eigenvalue weighted by Crippen LogP contribution is 2.32. The van der Waals surface area contributed by atoms with E-state index in [2.05, 4.69) is 5.32 Å². The van der Waals surface area contributed by atoms with Crippen molar-refractivity contribution in [1.29, 1.82) is 0 Å². The lowest BCUT2D eigenvalue weighted by Crippen LogP contribution is -2.45. The van der Waals surface area contributed by atoms with Gasteiger partial charge >= 0.3 is 5.97 Å². The molecule has 0 aromatic heterocycles. The smallest absolute Gasteiger partial charge is 0.326 e. The van der Waals surface area contributed by atoms with Gasteiger partial charge in [-0.2, -0.15) is 0 Å². The van der Waals surface area contributed by atoms with Crippen LogP contribution < -0.4 is 5.32 Å². The molecule has 0 heterocycles. The van der Waals surface area contributed by atoms with Gasteiger partial charge in [0.25, 0.3) is 0 Å². The monoisotopic (exact) mass is 213 g/mol. The van der Waals surface area contributed by atoms with Crippen LogP contribution in [-0.4, -0.2) is 23.0 Å². The summed E-state index contributed by atoms with van der Waals surface area (Å²) in [5.74, 6) is -0.583. The molecule has 0 radical (unpaired) electrons. The summed E-state index contributed by atoms with van der Waals surface area (Å²) in [5, 5.41) is 11.6. The summed E-state index contributed by atoms with van der Waals surface area (Å²) in [5.41, 5.74) is 0. The lowest BCUT2D eigenvalue weighted by molar-refractivity contribution is -0.143. The largest absolute Gasteiger partial charge is 0.480 e. The van der Waals surface area contributed by atoms with Gasteiger partial charge in [-0.3, -0.25) is 4.79 Å². The molecule has 1 aliphatic rings. The lowest BCUT2D eigenvalue weighted by Gasteiger charge is -2.19. The summed E-state index contributed by atoms with van der Waals surface area (Å²) in [6.07, 6.45) is 3.45. The highest BCUT2D eigenvalue weighted by atomic mass is 16.4. The van der Waals surface area contributed by atoms with E-state index in [-0.39, 0.29) is 11.8 Å². The van der Waals surface area contributed by atoms with Gasteiger partial charge in [0.05, 0.1) is 0 Å². The second kappa shape index (κ2) is 5.14. The molecule has 0 bridgehead atoms. The Balaban J connectivity index is 2.41. The number of nitrogens with one attached hydrogen (secondary N) is 1. The molecule has 2 atom stereocenters. The van der Waals surface area contributed by atoms with Gasteiger partial charge in [0.2, 0.25) is 5.91 Å². The van der Waals surface area contributed by atoms with E-state index in [1.807, 2.05) is 13.8 Å². The van der Waals surface area contributed by atoms with Crippen LogP contribution in [0.15, 0.2) is 0 Å². The van der Waals surface area contributed by atoms with Crippen LogP contribution in [0.4, 0.5) is 0 Å². The normalized spacial score (nSPS) is 19.3. The minimum Gasteiger partial charge on any atom is -0.480 e. The zero-order chi connectivity index (χ0) is 11.4. The molecule has 0 spiro atoms. The first-order valence-electron chi connectivity index (χ1n) is 5.56. The van der Waals surface area contributed by atoms with Crippen molar-refractivity contribution < 1.29 is 14.7 Å². The molecule has 2 N–H and O–H groups in total. The van der Waals surface area contributed by atoms with Crippen molar-refractivity contribution in [3.63, 3.8) is 0 Å². The van der Waals surface area contributed by atoms with E-state index in [1.165, 1.54) is 0 Å². The van der Waals surface area contributed by atoms with E-state index in [0.717, 1.165) is 19.3 Å². The van der Waals surface area contributed by atoms with Crippen molar-refractivity contribution in [1.82, 2.24) is 5.32 Å².